The predicted octanol–water partition coefficient (Wildman–Crippen LogP) is 5.63. The van der Waals surface area contributed by atoms with Crippen molar-refractivity contribution in [1.29, 1.82) is 0 Å². The number of nitrogens with one attached hydrogen (secondary N) is 1. The first kappa shape index (κ1) is 21.3. The zero-order valence-corrected chi connectivity index (χ0v) is 18.7. The van der Waals surface area contributed by atoms with Gasteiger partial charge in [-0.2, -0.15) is 4.98 Å². The fourth-order valence-electron chi connectivity index (χ4n) is 2.20. The molecule has 26 heavy (non-hydrogen) atoms. The van der Waals surface area contributed by atoms with Crippen LogP contribution in [-0.4, -0.2) is 41.1 Å². The molecule has 0 aliphatic heterocycles. The van der Waals surface area contributed by atoms with Crippen LogP contribution in [-0.2, 0) is 4.57 Å². The van der Waals surface area contributed by atoms with Crippen LogP contribution < -0.4 is 5.32 Å². The van der Waals surface area contributed by atoms with E-state index in [1.54, 1.807) is 25.3 Å². The third kappa shape index (κ3) is 7.34. The molecule has 1 fully saturated rings. The largest absolute Gasteiger partial charge is 0.364 e. The normalized spacial score (nSPS) is 18.5. The van der Waals surface area contributed by atoms with Gasteiger partial charge in [0.25, 0.3) is 0 Å². The minimum Gasteiger partial charge on any atom is -0.364 e. The fraction of sp³-hybridized carbons (Fsp3) is 0.500. The summed E-state index contributed by atoms with van der Waals surface area (Å²) in [4.78, 5) is 13.0. The average molecular weight is 460 g/mol. The van der Waals surface area contributed by atoms with Crippen LogP contribution in [0.3, 0.4) is 0 Å². The van der Waals surface area contributed by atoms with Crippen LogP contribution in [0.15, 0.2) is 39.7 Å². The van der Waals surface area contributed by atoms with Crippen molar-refractivity contribution in [2.45, 2.75) is 38.8 Å². The molecule has 1 heterocycles. The maximum absolute atomic E-state index is 11.7. The molecule has 2 atom stereocenters. The van der Waals surface area contributed by atoms with E-state index >= 15 is 0 Å². The summed E-state index contributed by atoms with van der Waals surface area (Å²) in [5.74, 6) is 2.95. The zero-order chi connectivity index (χ0) is 19.3. The zero-order valence-electron chi connectivity index (χ0n) is 15.5. The van der Waals surface area contributed by atoms with Crippen molar-refractivity contribution in [3.63, 3.8) is 0 Å². The first-order valence-electron chi connectivity index (χ1n) is 8.58. The molecule has 0 amide bonds. The molecular formula is C18H25BrClN4OP. The third-order valence-corrected chi connectivity index (χ3v) is 5.63. The molecule has 0 saturated heterocycles. The van der Waals surface area contributed by atoms with Crippen molar-refractivity contribution in [3.8, 4) is 0 Å². The van der Waals surface area contributed by atoms with E-state index in [-0.39, 0.29) is 17.4 Å². The monoisotopic (exact) mass is 458 g/mol. The molecular weight excluding hydrogens is 435 g/mol. The lowest BCUT2D eigenvalue weighted by Crippen LogP contribution is -2.28. The van der Waals surface area contributed by atoms with Crippen molar-refractivity contribution in [1.82, 2.24) is 9.97 Å². The SMILES string of the molecule is CC(Nc1nc(Cl)ncc1Br)[C@H](C)N=C(/C=C\C=C/P(C)(C)=O)C1CC1. The Balaban J connectivity index is 2.06. The smallest absolute Gasteiger partial charge is 0.224 e. The Morgan fingerprint density at radius 3 is 2.73 bits per heavy atom. The van der Waals surface area contributed by atoms with Gasteiger partial charge in [0.2, 0.25) is 5.28 Å². The Labute approximate surface area is 169 Å². The van der Waals surface area contributed by atoms with Gasteiger partial charge < -0.3 is 9.88 Å². The number of aromatic nitrogens is 2. The molecule has 1 aromatic heterocycles. The van der Waals surface area contributed by atoms with Gasteiger partial charge in [0.1, 0.15) is 13.0 Å². The number of nitrogens with zero attached hydrogens (tertiary/aromatic N) is 3. The van der Waals surface area contributed by atoms with Gasteiger partial charge in [-0.3, -0.25) is 4.99 Å². The van der Waals surface area contributed by atoms with Crippen molar-refractivity contribution in [3.05, 3.63) is 40.0 Å². The second-order valence-corrected chi connectivity index (χ2v) is 11.3. The van der Waals surface area contributed by atoms with Crippen LogP contribution in [0.25, 0.3) is 0 Å². The summed E-state index contributed by atoms with van der Waals surface area (Å²) >= 11 is 9.30. The molecule has 142 valence electrons. The Hall–Kier alpha value is -0.970. The molecule has 0 aromatic carbocycles. The van der Waals surface area contributed by atoms with Gasteiger partial charge in [0, 0.05) is 23.9 Å². The van der Waals surface area contributed by atoms with E-state index in [0.717, 1.165) is 10.2 Å². The number of hydrogen-bond acceptors (Lipinski definition) is 5. The molecule has 5 nitrogen and oxygen atoms in total. The Bertz CT molecular complexity index is 770. The minimum absolute atomic E-state index is 0.0586. The van der Waals surface area contributed by atoms with E-state index in [9.17, 15) is 4.57 Å². The molecule has 1 saturated carbocycles. The van der Waals surface area contributed by atoms with Crippen molar-refractivity contribution < 1.29 is 4.57 Å². The van der Waals surface area contributed by atoms with Crippen molar-refractivity contribution >= 4 is 46.2 Å². The van der Waals surface area contributed by atoms with Gasteiger partial charge in [-0.25, -0.2) is 4.98 Å². The lowest BCUT2D eigenvalue weighted by molar-refractivity contribution is 0.588. The second-order valence-electron chi connectivity index (χ2n) is 6.97. The number of allylic oxidation sites excluding steroid dienone is 3. The highest BCUT2D eigenvalue weighted by Gasteiger charge is 2.27. The predicted molar refractivity (Wildman–Crippen MR) is 115 cm³/mol. The molecule has 1 unspecified atom stereocenters. The molecule has 0 spiro atoms. The molecule has 2 rings (SSSR count). The number of anilines is 1. The van der Waals surface area contributed by atoms with Crippen molar-refractivity contribution in [2.75, 3.05) is 18.6 Å². The number of rotatable bonds is 8. The van der Waals surface area contributed by atoms with Crippen LogP contribution in [0.2, 0.25) is 5.28 Å². The summed E-state index contributed by atoms with van der Waals surface area (Å²) in [6.45, 7) is 7.64. The molecule has 1 N–H and O–H groups in total. The summed E-state index contributed by atoms with van der Waals surface area (Å²) < 4.78 is 12.5. The molecule has 1 aliphatic rings. The number of halogens is 2. The van der Waals surface area contributed by atoms with Gasteiger partial charge in [-0.15, -0.1) is 0 Å². The van der Waals surface area contributed by atoms with Gasteiger partial charge in [0.05, 0.1) is 10.5 Å². The van der Waals surface area contributed by atoms with E-state index in [2.05, 4.69) is 45.1 Å². The summed E-state index contributed by atoms with van der Waals surface area (Å²) in [7, 11) is -2.13. The molecule has 8 heteroatoms. The highest BCUT2D eigenvalue weighted by atomic mass is 79.9. The van der Waals surface area contributed by atoms with Gasteiger partial charge in [0.15, 0.2) is 0 Å². The maximum atomic E-state index is 11.7. The molecule has 0 bridgehead atoms. The van der Waals surface area contributed by atoms with Crippen molar-refractivity contribution in [2.24, 2.45) is 10.9 Å². The highest BCUT2D eigenvalue weighted by molar-refractivity contribution is 9.10. The lowest BCUT2D eigenvalue weighted by Gasteiger charge is -2.20. The van der Waals surface area contributed by atoms with E-state index in [0.29, 0.717) is 11.7 Å². The quantitative estimate of drug-likeness (QED) is 0.237. The highest BCUT2D eigenvalue weighted by Crippen LogP contribution is 2.37. The fourth-order valence-corrected chi connectivity index (χ4v) is 3.16. The standard InChI is InChI=1S/C18H25BrClN4OP/c1-12(13(2)23-17-15(19)11-21-18(20)24-17)22-16(14-8-9-14)7-5-6-10-26(3,4)25/h5-7,10-14H,8-9H2,1-4H3,(H,21,23,24)/b7-5-,10-6-,22-16?/t12-,13?/m0/s1. The van der Waals surface area contributed by atoms with Crippen LogP contribution in [0.4, 0.5) is 5.82 Å². The van der Waals surface area contributed by atoms with E-state index in [4.69, 9.17) is 16.6 Å². The Morgan fingerprint density at radius 2 is 2.12 bits per heavy atom. The molecule has 1 aliphatic carbocycles. The first-order chi connectivity index (χ1) is 12.2. The van der Waals surface area contributed by atoms with E-state index in [1.165, 1.54) is 12.8 Å². The van der Waals surface area contributed by atoms with Crippen LogP contribution in [0, 0.1) is 5.92 Å². The first-order valence-corrected chi connectivity index (χ1v) is 12.4. The van der Waals surface area contributed by atoms with Gasteiger partial charge >= 0.3 is 0 Å². The second kappa shape index (κ2) is 9.29. The number of aliphatic imine (C=N–C) groups is 1. The van der Waals surface area contributed by atoms with E-state index < -0.39 is 7.14 Å². The minimum atomic E-state index is -2.13. The topological polar surface area (TPSA) is 67.2 Å². The van der Waals surface area contributed by atoms with Crippen LogP contribution in [0.5, 0.6) is 0 Å². The molecule has 1 aromatic rings. The summed E-state index contributed by atoms with van der Waals surface area (Å²) in [6.07, 6.45) is 9.80. The average Bonchev–Trinajstić information content (AvgIpc) is 3.37. The number of hydrogen-bond donors (Lipinski definition) is 1. The van der Waals surface area contributed by atoms with Crippen LogP contribution in [0.1, 0.15) is 26.7 Å². The summed E-state index contributed by atoms with van der Waals surface area (Å²) in [5, 5.41) is 3.54. The van der Waals surface area contributed by atoms with Crippen LogP contribution >= 0.6 is 34.7 Å². The van der Waals surface area contributed by atoms with E-state index in [1.807, 2.05) is 18.2 Å². The van der Waals surface area contributed by atoms with Gasteiger partial charge in [-0.05, 0) is 79.4 Å². The molecule has 0 radical (unpaired) electrons. The Morgan fingerprint density at radius 1 is 1.42 bits per heavy atom. The van der Waals surface area contributed by atoms with Gasteiger partial charge in [-0.1, -0.05) is 12.2 Å². The maximum Gasteiger partial charge on any atom is 0.224 e. The third-order valence-electron chi connectivity index (χ3n) is 3.97. The summed E-state index contributed by atoms with van der Waals surface area (Å²) in [5.41, 5.74) is 1.10. The lowest BCUT2D eigenvalue weighted by atomic mass is 10.1. The Kier molecular flexibility index (Phi) is 7.63. The summed E-state index contributed by atoms with van der Waals surface area (Å²) in [6, 6.07) is 0.129.